The molecule has 0 spiro atoms. The van der Waals surface area contributed by atoms with Crippen LogP contribution in [0.1, 0.15) is 12.0 Å². The van der Waals surface area contributed by atoms with Gasteiger partial charge < -0.3 is 4.74 Å². The Labute approximate surface area is 145 Å². The third kappa shape index (κ3) is 5.73. The molecule has 20 heavy (non-hydrogen) atoms. The normalized spacial score (nSPS) is 11.8. The summed E-state index contributed by atoms with van der Waals surface area (Å²) in [7, 11) is -3.51. The fraction of sp³-hybridized carbons (Fsp3) is 0.500. The van der Waals surface area contributed by atoms with Crippen LogP contribution in [0.3, 0.4) is 0 Å². The molecule has 0 saturated heterocycles. The molecule has 0 atom stereocenters. The lowest BCUT2D eigenvalue weighted by Gasteiger charge is -2.10. The van der Waals surface area contributed by atoms with Crippen molar-refractivity contribution in [2.75, 3.05) is 25.1 Å². The van der Waals surface area contributed by atoms with Gasteiger partial charge in [0.2, 0.25) is 10.0 Å². The first-order chi connectivity index (χ1) is 9.38. The molecule has 1 aromatic carbocycles. The fourth-order valence-electron chi connectivity index (χ4n) is 1.45. The van der Waals surface area contributed by atoms with Crippen LogP contribution in [-0.4, -0.2) is 33.5 Å². The number of rotatable bonds is 8. The van der Waals surface area contributed by atoms with Crippen LogP contribution in [0.25, 0.3) is 0 Å². The van der Waals surface area contributed by atoms with Gasteiger partial charge in [-0.1, -0.05) is 31.9 Å². The van der Waals surface area contributed by atoms with Crippen LogP contribution in [0.15, 0.2) is 26.0 Å². The van der Waals surface area contributed by atoms with Crippen molar-refractivity contribution in [1.82, 2.24) is 4.72 Å². The molecular weight excluding hydrogens is 478 g/mol. The summed E-state index contributed by atoms with van der Waals surface area (Å²) in [4.78, 5) is 0.233. The maximum atomic E-state index is 12.2. The second-order valence-electron chi connectivity index (χ2n) is 4.08. The summed E-state index contributed by atoms with van der Waals surface area (Å²) in [6, 6.07) is 3.38. The smallest absolute Gasteiger partial charge is 0.241 e. The van der Waals surface area contributed by atoms with Gasteiger partial charge in [0.1, 0.15) is 0 Å². The summed E-state index contributed by atoms with van der Waals surface area (Å²) in [6.07, 6.45) is 0.636. The Morgan fingerprint density at radius 2 is 1.90 bits per heavy atom. The van der Waals surface area contributed by atoms with E-state index in [0.29, 0.717) is 30.7 Å². The molecule has 0 aromatic heterocycles. The van der Waals surface area contributed by atoms with Gasteiger partial charge in [0.15, 0.2) is 0 Å². The molecule has 1 N–H and O–H groups in total. The summed E-state index contributed by atoms with van der Waals surface area (Å²) >= 11 is 9.89. The maximum Gasteiger partial charge on any atom is 0.241 e. The van der Waals surface area contributed by atoms with Gasteiger partial charge in [0, 0.05) is 27.4 Å². The van der Waals surface area contributed by atoms with Gasteiger partial charge in [0.05, 0.1) is 11.5 Å². The van der Waals surface area contributed by atoms with Gasteiger partial charge in [-0.25, -0.2) is 13.1 Å². The number of hydrogen-bond acceptors (Lipinski definition) is 3. The zero-order valence-electron chi connectivity index (χ0n) is 11.0. The van der Waals surface area contributed by atoms with E-state index < -0.39 is 10.0 Å². The monoisotopic (exact) mass is 491 g/mol. The van der Waals surface area contributed by atoms with E-state index in [1.165, 1.54) is 0 Å². The Hall–Kier alpha value is 0.530. The van der Waals surface area contributed by atoms with Crippen molar-refractivity contribution in [2.24, 2.45) is 0 Å². The van der Waals surface area contributed by atoms with Gasteiger partial charge in [-0.05, 0) is 47.0 Å². The second kappa shape index (κ2) is 8.85. The van der Waals surface area contributed by atoms with Gasteiger partial charge in [0.25, 0.3) is 0 Å². The largest absolute Gasteiger partial charge is 0.381 e. The van der Waals surface area contributed by atoms with E-state index in [2.05, 4.69) is 52.5 Å². The molecule has 0 radical (unpaired) electrons. The van der Waals surface area contributed by atoms with Crippen molar-refractivity contribution in [3.8, 4) is 0 Å². The SMILES string of the molecule is Cc1cc(Br)c(S(=O)(=O)NCCCOCCBr)cc1Br. The van der Waals surface area contributed by atoms with Crippen LogP contribution < -0.4 is 4.72 Å². The van der Waals surface area contributed by atoms with Crippen molar-refractivity contribution in [3.63, 3.8) is 0 Å². The van der Waals surface area contributed by atoms with Crippen molar-refractivity contribution in [1.29, 1.82) is 0 Å². The average molecular weight is 494 g/mol. The van der Waals surface area contributed by atoms with E-state index >= 15 is 0 Å². The summed E-state index contributed by atoms with van der Waals surface area (Å²) in [5, 5.41) is 0.781. The third-order valence-corrected chi connectivity index (χ3v) is 6.08. The minimum atomic E-state index is -3.51. The summed E-state index contributed by atoms with van der Waals surface area (Å²) in [6.45, 7) is 3.42. The van der Waals surface area contributed by atoms with Crippen LogP contribution in [0.5, 0.6) is 0 Å². The molecule has 0 amide bonds. The summed E-state index contributed by atoms with van der Waals surface area (Å²) in [5.41, 5.74) is 0.971. The fourth-order valence-corrected chi connectivity index (χ4v) is 4.43. The lowest BCUT2D eigenvalue weighted by Crippen LogP contribution is -2.26. The molecule has 0 heterocycles. The number of benzene rings is 1. The third-order valence-electron chi connectivity index (χ3n) is 2.48. The van der Waals surface area contributed by atoms with Crippen molar-refractivity contribution < 1.29 is 13.2 Å². The van der Waals surface area contributed by atoms with Gasteiger partial charge in [-0.3, -0.25) is 0 Å². The van der Waals surface area contributed by atoms with E-state index in [-0.39, 0.29) is 4.90 Å². The Kier molecular flexibility index (Phi) is 8.22. The number of sulfonamides is 1. The highest BCUT2D eigenvalue weighted by Gasteiger charge is 2.18. The predicted octanol–water partition coefficient (Wildman–Crippen LogP) is 3.60. The topological polar surface area (TPSA) is 55.4 Å². The minimum absolute atomic E-state index is 0.233. The molecule has 0 saturated carbocycles. The van der Waals surface area contributed by atoms with E-state index in [4.69, 9.17) is 4.74 Å². The summed E-state index contributed by atoms with van der Waals surface area (Å²) in [5.74, 6) is 0. The maximum absolute atomic E-state index is 12.2. The average Bonchev–Trinajstić information content (AvgIpc) is 2.37. The zero-order valence-corrected chi connectivity index (χ0v) is 16.5. The molecule has 0 fully saturated rings. The van der Waals surface area contributed by atoms with E-state index in [1.807, 2.05) is 6.92 Å². The van der Waals surface area contributed by atoms with Gasteiger partial charge >= 0.3 is 0 Å². The van der Waals surface area contributed by atoms with Crippen LogP contribution in [0, 0.1) is 6.92 Å². The van der Waals surface area contributed by atoms with E-state index in [9.17, 15) is 8.42 Å². The molecule has 0 aliphatic heterocycles. The number of halogens is 3. The number of hydrogen-bond donors (Lipinski definition) is 1. The highest BCUT2D eigenvalue weighted by atomic mass is 79.9. The molecule has 4 nitrogen and oxygen atoms in total. The number of nitrogens with one attached hydrogen (secondary N) is 1. The molecule has 0 unspecified atom stereocenters. The first-order valence-electron chi connectivity index (χ1n) is 5.97. The second-order valence-corrected chi connectivity index (χ2v) is 8.32. The Morgan fingerprint density at radius 1 is 1.20 bits per heavy atom. The molecule has 1 rings (SSSR count). The lowest BCUT2D eigenvalue weighted by atomic mass is 10.2. The first-order valence-corrected chi connectivity index (χ1v) is 10.2. The van der Waals surface area contributed by atoms with Crippen LogP contribution in [0.4, 0.5) is 0 Å². The predicted molar refractivity (Wildman–Crippen MR) is 91.0 cm³/mol. The zero-order chi connectivity index (χ0) is 15.2. The molecule has 114 valence electrons. The number of aryl methyl sites for hydroxylation is 1. The first kappa shape index (κ1) is 18.6. The van der Waals surface area contributed by atoms with Gasteiger partial charge in [-0.2, -0.15) is 0 Å². The van der Waals surface area contributed by atoms with Crippen LogP contribution in [-0.2, 0) is 14.8 Å². The standard InChI is InChI=1S/C12H16Br3NO3S/c1-9-7-11(15)12(8-10(9)14)20(17,18)16-4-2-5-19-6-3-13/h7-8,16H,2-6H2,1H3. The Bertz CT molecular complexity index is 549. The quantitative estimate of drug-likeness (QED) is 0.444. The summed E-state index contributed by atoms with van der Waals surface area (Å²) < 4.78 is 33.5. The van der Waals surface area contributed by atoms with Gasteiger partial charge in [-0.15, -0.1) is 0 Å². The molecule has 0 aliphatic rings. The molecule has 0 bridgehead atoms. The molecule has 8 heteroatoms. The number of alkyl halides is 1. The van der Waals surface area contributed by atoms with Crippen LogP contribution >= 0.6 is 47.8 Å². The van der Waals surface area contributed by atoms with Crippen LogP contribution in [0.2, 0.25) is 0 Å². The Morgan fingerprint density at radius 3 is 2.55 bits per heavy atom. The molecular formula is C12H16Br3NO3S. The highest BCUT2D eigenvalue weighted by molar-refractivity contribution is 9.11. The Balaban J connectivity index is 2.63. The van der Waals surface area contributed by atoms with E-state index in [0.717, 1.165) is 15.4 Å². The van der Waals surface area contributed by atoms with Crippen molar-refractivity contribution in [3.05, 3.63) is 26.6 Å². The highest BCUT2D eigenvalue weighted by Crippen LogP contribution is 2.28. The molecule has 1 aromatic rings. The van der Waals surface area contributed by atoms with E-state index in [1.54, 1.807) is 12.1 Å². The minimum Gasteiger partial charge on any atom is -0.381 e. The van der Waals surface area contributed by atoms with Crippen molar-refractivity contribution >= 4 is 57.8 Å². The van der Waals surface area contributed by atoms with Crippen molar-refractivity contribution in [2.45, 2.75) is 18.2 Å². The lowest BCUT2D eigenvalue weighted by molar-refractivity contribution is 0.149. The molecule has 0 aliphatic carbocycles. The number of ether oxygens (including phenoxy) is 1.